The normalized spacial score (nSPS) is 10.3. The van der Waals surface area contributed by atoms with Crippen molar-refractivity contribution in [2.75, 3.05) is 24.8 Å². The molecular formula is C12H14Cl2N2O3. The molecule has 1 amide bonds. The molecule has 0 fully saturated rings. The SMILES string of the molecule is Cc1cc([N+](=O)[O-])ccc1C(=O)N(CCCl)CCCl. The van der Waals surface area contributed by atoms with Gasteiger partial charge in [-0.25, -0.2) is 0 Å². The molecule has 0 N–H and O–H groups in total. The summed E-state index contributed by atoms with van der Waals surface area (Å²) in [6, 6.07) is 4.16. The average molecular weight is 305 g/mol. The maximum absolute atomic E-state index is 12.3. The number of aryl methyl sites for hydroxylation is 1. The summed E-state index contributed by atoms with van der Waals surface area (Å²) in [7, 11) is 0. The van der Waals surface area contributed by atoms with Gasteiger partial charge in [-0.1, -0.05) is 0 Å². The lowest BCUT2D eigenvalue weighted by atomic mass is 10.1. The summed E-state index contributed by atoms with van der Waals surface area (Å²) >= 11 is 11.3. The predicted molar refractivity (Wildman–Crippen MR) is 75.2 cm³/mol. The Morgan fingerprint density at radius 2 is 1.89 bits per heavy atom. The van der Waals surface area contributed by atoms with Gasteiger partial charge in [-0.05, 0) is 18.6 Å². The number of nitro groups is 1. The highest BCUT2D eigenvalue weighted by Crippen LogP contribution is 2.18. The quantitative estimate of drug-likeness (QED) is 0.461. The zero-order chi connectivity index (χ0) is 14.4. The second-order valence-corrected chi connectivity index (χ2v) is 4.68. The molecular weight excluding hydrogens is 291 g/mol. The molecule has 0 radical (unpaired) electrons. The van der Waals surface area contributed by atoms with Crippen LogP contribution in [0.2, 0.25) is 0 Å². The first-order chi connectivity index (χ1) is 9.01. The zero-order valence-corrected chi connectivity index (χ0v) is 11.9. The third kappa shape index (κ3) is 4.08. The summed E-state index contributed by atoms with van der Waals surface area (Å²) < 4.78 is 0. The Balaban J connectivity index is 3.01. The Labute approximate surface area is 121 Å². The van der Waals surface area contributed by atoms with E-state index in [9.17, 15) is 14.9 Å². The fourth-order valence-electron chi connectivity index (χ4n) is 1.69. The average Bonchev–Trinajstić information content (AvgIpc) is 2.37. The Bertz CT molecular complexity index is 474. The summed E-state index contributed by atoms with van der Waals surface area (Å²) in [6.07, 6.45) is 0. The van der Waals surface area contributed by atoms with Crippen LogP contribution in [0, 0.1) is 17.0 Å². The number of nitrogens with zero attached hydrogens (tertiary/aromatic N) is 2. The molecule has 0 bridgehead atoms. The van der Waals surface area contributed by atoms with E-state index in [4.69, 9.17) is 23.2 Å². The summed E-state index contributed by atoms with van der Waals surface area (Å²) in [5.74, 6) is 0.414. The van der Waals surface area contributed by atoms with Gasteiger partial charge in [-0.3, -0.25) is 14.9 Å². The van der Waals surface area contributed by atoms with E-state index in [2.05, 4.69) is 0 Å². The smallest absolute Gasteiger partial charge is 0.269 e. The van der Waals surface area contributed by atoms with E-state index in [-0.39, 0.29) is 11.6 Å². The number of rotatable bonds is 6. The third-order valence-corrected chi connectivity index (χ3v) is 2.99. The molecule has 1 aromatic carbocycles. The number of halogens is 2. The van der Waals surface area contributed by atoms with Crippen LogP contribution in [0.25, 0.3) is 0 Å². The molecule has 1 rings (SSSR count). The van der Waals surface area contributed by atoms with Crippen molar-refractivity contribution in [1.82, 2.24) is 4.90 Å². The molecule has 104 valence electrons. The molecule has 0 aromatic heterocycles. The van der Waals surface area contributed by atoms with Crippen LogP contribution in [-0.4, -0.2) is 40.6 Å². The van der Waals surface area contributed by atoms with E-state index in [1.165, 1.54) is 23.1 Å². The Hall–Kier alpha value is -1.33. The summed E-state index contributed by atoms with van der Waals surface area (Å²) in [6.45, 7) is 2.45. The van der Waals surface area contributed by atoms with E-state index in [0.29, 0.717) is 36.0 Å². The number of benzene rings is 1. The van der Waals surface area contributed by atoms with E-state index in [1.54, 1.807) is 6.92 Å². The first-order valence-corrected chi connectivity index (χ1v) is 6.74. The van der Waals surface area contributed by atoms with Crippen LogP contribution in [0.15, 0.2) is 18.2 Å². The number of hydrogen-bond donors (Lipinski definition) is 0. The Morgan fingerprint density at radius 3 is 2.32 bits per heavy atom. The number of carbonyl (C=O) groups excluding carboxylic acids is 1. The van der Waals surface area contributed by atoms with Gasteiger partial charge < -0.3 is 4.90 Å². The van der Waals surface area contributed by atoms with Crippen molar-refractivity contribution in [3.8, 4) is 0 Å². The van der Waals surface area contributed by atoms with Crippen molar-refractivity contribution in [2.24, 2.45) is 0 Å². The van der Waals surface area contributed by atoms with Crippen LogP contribution in [0.4, 0.5) is 5.69 Å². The molecule has 0 spiro atoms. The molecule has 19 heavy (non-hydrogen) atoms. The fraction of sp³-hybridized carbons (Fsp3) is 0.417. The Morgan fingerprint density at radius 1 is 1.32 bits per heavy atom. The van der Waals surface area contributed by atoms with E-state index in [1.807, 2.05) is 0 Å². The molecule has 0 saturated carbocycles. The van der Waals surface area contributed by atoms with Gasteiger partial charge in [0.15, 0.2) is 0 Å². The molecule has 5 nitrogen and oxygen atoms in total. The van der Waals surface area contributed by atoms with Crippen LogP contribution < -0.4 is 0 Å². The van der Waals surface area contributed by atoms with E-state index >= 15 is 0 Å². The number of hydrogen-bond acceptors (Lipinski definition) is 3. The van der Waals surface area contributed by atoms with Crippen LogP contribution in [0.3, 0.4) is 0 Å². The fourth-order valence-corrected chi connectivity index (χ4v) is 2.10. The lowest BCUT2D eigenvalue weighted by Gasteiger charge is -2.21. The number of non-ortho nitro benzene ring substituents is 1. The lowest BCUT2D eigenvalue weighted by molar-refractivity contribution is -0.384. The molecule has 0 aliphatic carbocycles. The van der Waals surface area contributed by atoms with Crippen molar-refractivity contribution < 1.29 is 9.72 Å². The third-order valence-electron chi connectivity index (χ3n) is 2.65. The topological polar surface area (TPSA) is 63.5 Å². The van der Waals surface area contributed by atoms with E-state index in [0.717, 1.165) is 0 Å². The molecule has 0 saturated heterocycles. The van der Waals surface area contributed by atoms with Gasteiger partial charge in [0.05, 0.1) is 4.92 Å². The van der Waals surface area contributed by atoms with Crippen molar-refractivity contribution in [2.45, 2.75) is 6.92 Å². The first-order valence-electron chi connectivity index (χ1n) is 5.67. The number of nitro benzene ring substituents is 1. The number of amides is 1. The molecule has 0 atom stereocenters. The standard InChI is InChI=1S/C12H14Cl2N2O3/c1-9-8-10(16(18)19)2-3-11(9)12(17)15(6-4-13)7-5-14/h2-3,8H,4-7H2,1H3. The highest BCUT2D eigenvalue weighted by Gasteiger charge is 2.18. The Kier molecular flexibility index (Phi) is 6.05. The zero-order valence-electron chi connectivity index (χ0n) is 10.4. The van der Waals surface area contributed by atoms with Gasteiger partial charge in [0.25, 0.3) is 11.6 Å². The summed E-state index contributed by atoms with van der Waals surface area (Å²) in [5.41, 5.74) is 0.962. The molecule has 0 aliphatic heterocycles. The van der Waals surface area contributed by atoms with Gasteiger partial charge in [0.2, 0.25) is 0 Å². The number of carbonyl (C=O) groups is 1. The second-order valence-electron chi connectivity index (χ2n) is 3.93. The molecule has 0 unspecified atom stereocenters. The molecule has 0 heterocycles. The largest absolute Gasteiger partial charge is 0.336 e. The maximum Gasteiger partial charge on any atom is 0.269 e. The minimum absolute atomic E-state index is 0.0321. The minimum Gasteiger partial charge on any atom is -0.336 e. The second kappa shape index (κ2) is 7.31. The molecule has 1 aromatic rings. The predicted octanol–water partition coefficient (Wildman–Crippen LogP) is 2.82. The summed E-state index contributed by atoms with van der Waals surface area (Å²) in [5, 5.41) is 10.6. The van der Waals surface area contributed by atoms with Gasteiger partial charge >= 0.3 is 0 Å². The molecule has 7 heteroatoms. The van der Waals surface area contributed by atoms with Crippen molar-refractivity contribution in [3.63, 3.8) is 0 Å². The maximum atomic E-state index is 12.3. The number of alkyl halides is 2. The first kappa shape index (κ1) is 15.7. The lowest BCUT2D eigenvalue weighted by Crippen LogP contribution is -2.34. The van der Waals surface area contributed by atoms with Gasteiger partial charge in [-0.15, -0.1) is 23.2 Å². The summed E-state index contributed by atoms with van der Waals surface area (Å²) in [4.78, 5) is 24.0. The van der Waals surface area contributed by atoms with Crippen LogP contribution in [0.5, 0.6) is 0 Å². The minimum atomic E-state index is -0.490. The van der Waals surface area contributed by atoms with Crippen molar-refractivity contribution in [1.29, 1.82) is 0 Å². The van der Waals surface area contributed by atoms with Crippen LogP contribution in [-0.2, 0) is 0 Å². The van der Waals surface area contributed by atoms with Gasteiger partial charge in [-0.2, -0.15) is 0 Å². The monoisotopic (exact) mass is 304 g/mol. The van der Waals surface area contributed by atoms with Crippen molar-refractivity contribution in [3.05, 3.63) is 39.4 Å². The molecule has 0 aliphatic rings. The van der Waals surface area contributed by atoms with E-state index < -0.39 is 4.92 Å². The van der Waals surface area contributed by atoms with Crippen molar-refractivity contribution >= 4 is 34.8 Å². The van der Waals surface area contributed by atoms with Gasteiger partial charge in [0.1, 0.15) is 0 Å². The van der Waals surface area contributed by atoms with Crippen LogP contribution >= 0.6 is 23.2 Å². The highest BCUT2D eigenvalue weighted by molar-refractivity contribution is 6.18. The van der Waals surface area contributed by atoms with Crippen LogP contribution in [0.1, 0.15) is 15.9 Å². The highest BCUT2D eigenvalue weighted by atomic mass is 35.5. The van der Waals surface area contributed by atoms with Gasteiger partial charge in [0, 0.05) is 42.5 Å².